The molecule has 1 amide bonds. The maximum absolute atomic E-state index is 13.2. The number of alkyl halides is 1. The molecular formula is C23H24ClN5O2. The normalized spacial score (nSPS) is 20.3. The predicted molar refractivity (Wildman–Crippen MR) is 121 cm³/mol. The van der Waals surface area contributed by atoms with Crippen LogP contribution in [0.25, 0.3) is 11.0 Å². The summed E-state index contributed by atoms with van der Waals surface area (Å²) < 4.78 is 1.83. The largest absolute Gasteiger partial charge is 0.341 e. The van der Waals surface area contributed by atoms with E-state index in [0.717, 1.165) is 43.5 Å². The molecule has 1 aliphatic carbocycles. The monoisotopic (exact) mass is 437 g/mol. The highest BCUT2D eigenvalue weighted by Crippen LogP contribution is 2.40. The fourth-order valence-electron chi connectivity index (χ4n) is 4.58. The van der Waals surface area contributed by atoms with Crippen molar-refractivity contribution in [3.8, 4) is 0 Å². The highest BCUT2D eigenvalue weighted by Gasteiger charge is 2.38. The number of anilines is 1. The molecule has 1 unspecified atom stereocenters. The lowest BCUT2D eigenvalue weighted by Crippen LogP contribution is -2.42. The van der Waals surface area contributed by atoms with E-state index in [1.165, 1.54) is 0 Å². The molecule has 1 aromatic carbocycles. The van der Waals surface area contributed by atoms with Crippen LogP contribution >= 0.6 is 11.6 Å². The van der Waals surface area contributed by atoms with Crippen LogP contribution in [0.5, 0.6) is 0 Å². The Hall–Kier alpha value is -2.93. The van der Waals surface area contributed by atoms with Gasteiger partial charge in [-0.3, -0.25) is 9.59 Å². The van der Waals surface area contributed by atoms with Gasteiger partial charge in [0.25, 0.3) is 5.91 Å². The van der Waals surface area contributed by atoms with Gasteiger partial charge >= 0.3 is 0 Å². The first-order valence-corrected chi connectivity index (χ1v) is 11.1. The molecule has 0 spiro atoms. The van der Waals surface area contributed by atoms with Crippen molar-refractivity contribution < 1.29 is 4.79 Å². The van der Waals surface area contributed by atoms with Crippen molar-refractivity contribution in [2.45, 2.75) is 44.1 Å². The van der Waals surface area contributed by atoms with Crippen LogP contribution in [-0.2, 0) is 18.0 Å². The lowest BCUT2D eigenvalue weighted by atomic mass is 10.1. The molecule has 1 fully saturated rings. The minimum absolute atomic E-state index is 0.0521. The molecular weight excluding hydrogens is 414 g/mol. The Kier molecular flexibility index (Phi) is 4.93. The summed E-state index contributed by atoms with van der Waals surface area (Å²) in [4.78, 5) is 36.5. The lowest BCUT2D eigenvalue weighted by Gasteiger charge is -2.24. The third-order valence-corrected chi connectivity index (χ3v) is 6.76. The maximum Gasteiger partial charge on any atom is 0.258 e. The summed E-state index contributed by atoms with van der Waals surface area (Å²) in [6.07, 6.45) is 6.72. The molecule has 7 nitrogen and oxygen atoms in total. The van der Waals surface area contributed by atoms with Crippen molar-refractivity contribution in [3.05, 3.63) is 63.6 Å². The van der Waals surface area contributed by atoms with Crippen molar-refractivity contribution in [2.75, 3.05) is 18.0 Å². The number of aromatic nitrogens is 3. The zero-order valence-corrected chi connectivity index (χ0v) is 18.2. The second-order valence-electron chi connectivity index (χ2n) is 8.17. The number of aryl methyl sites for hydroxylation is 2. The van der Waals surface area contributed by atoms with Crippen molar-refractivity contribution in [1.29, 1.82) is 0 Å². The van der Waals surface area contributed by atoms with Gasteiger partial charge in [0.2, 0.25) is 11.4 Å². The van der Waals surface area contributed by atoms with E-state index in [4.69, 9.17) is 11.6 Å². The minimum Gasteiger partial charge on any atom is -0.341 e. The van der Waals surface area contributed by atoms with Crippen LogP contribution < -0.4 is 15.6 Å². The Morgan fingerprint density at radius 1 is 1.26 bits per heavy atom. The van der Waals surface area contributed by atoms with Crippen LogP contribution in [0.3, 0.4) is 0 Å². The molecule has 0 saturated carbocycles. The summed E-state index contributed by atoms with van der Waals surface area (Å²) in [5.41, 5.74) is 2.23. The molecule has 160 valence electrons. The van der Waals surface area contributed by atoms with E-state index in [0.29, 0.717) is 29.9 Å². The minimum atomic E-state index is -1.01. The van der Waals surface area contributed by atoms with Gasteiger partial charge in [-0.2, -0.15) is 4.98 Å². The quantitative estimate of drug-likeness (QED) is 0.501. The van der Waals surface area contributed by atoms with E-state index in [2.05, 4.69) is 20.2 Å². The SMILES string of the molecule is CCn1cc(C(=O)NC2(Cl)CCc3ccccc32)c(=O)c2cnc(N3CCCC3)nc21. The number of carbonyl (C=O) groups excluding carboxylic acids is 1. The molecule has 1 N–H and O–H groups in total. The number of carbonyl (C=O) groups is 1. The summed E-state index contributed by atoms with van der Waals surface area (Å²) >= 11 is 6.81. The van der Waals surface area contributed by atoms with Crippen LogP contribution in [0.15, 0.2) is 41.5 Å². The highest BCUT2D eigenvalue weighted by atomic mass is 35.5. The topological polar surface area (TPSA) is 80.1 Å². The van der Waals surface area contributed by atoms with Gasteiger partial charge in [-0.25, -0.2) is 4.98 Å². The Bertz CT molecular complexity index is 1230. The average Bonchev–Trinajstić information content (AvgIpc) is 3.43. The zero-order valence-electron chi connectivity index (χ0n) is 17.4. The van der Waals surface area contributed by atoms with Crippen LogP contribution in [-0.4, -0.2) is 33.5 Å². The molecule has 1 saturated heterocycles. The Morgan fingerprint density at radius 2 is 2.03 bits per heavy atom. The fourth-order valence-corrected chi connectivity index (χ4v) is 4.94. The first-order chi connectivity index (χ1) is 15.0. The van der Waals surface area contributed by atoms with Crippen molar-refractivity contribution >= 4 is 34.5 Å². The van der Waals surface area contributed by atoms with Gasteiger partial charge in [0.05, 0.1) is 5.39 Å². The number of pyridine rings is 1. The average molecular weight is 438 g/mol. The molecule has 0 bridgehead atoms. The van der Waals surface area contributed by atoms with Gasteiger partial charge in [-0.1, -0.05) is 35.9 Å². The van der Waals surface area contributed by atoms with E-state index in [1.54, 1.807) is 12.4 Å². The smallest absolute Gasteiger partial charge is 0.258 e. The molecule has 31 heavy (non-hydrogen) atoms. The molecule has 8 heteroatoms. The number of benzene rings is 1. The Labute approximate surface area is 185 Å². The second-order valence-corrected chi connectivity index (χ2v) is 8.82. The summed E-state index contributed by atoms with van der Waals surface area (Å²) in [5.74, 6) is 0.149. The summed E-state index contributed by atoms with van der Waals surface area (Å²) in [7, 11) is 0. The van der Waals surface area contributed by atoms with E-state index in [-0.39, 0.29) is 11.0 Å². The van der Waals surface area contributed by atoms with Gasteiger partial charge < -0.3 is 14.8 Å². The summed E-state index contributed by atoms with van der Waals surface area (Å²) in [5, 5.41) is 3.25. The predicted octanol–water partition coefficient (Wildman–Crippen LogP) is 3.18. The molecule has 0 radical (unpaired) electrons. The number of hydrogen-bond donors (Lipinski definition) is 1. The van der Waals surface area contributed by atoms with Crippen molar-refractivity contribution in [3.63, 3.8) is 0 Å². The molecule has 1 aliphatic heterocycles. The number of halogens is 1. The zero-order chi connectivity index (χ0) is 21.6. The number of amides is 1. The fraction of sp³-hybridized carbons (Fsp3) is 0.391. The Morgan fingerprint density at radius 3 is 2.81 bits per heavy atom. The third-order valence-electron chi connectivity index (χ3n) is 6.27. The van der Waals surface area contributed by atoms with Crippen LogP contribution in [0, 0.1) is 0 Å². The number of hydrogen-bond acceptors (Lipinski definition) is 5. The Balaban J connectivity index is 1.53. The molecule has 3 heterocycles. The first-order valence-electron chi connectivity index (χ1n) is 10.7. The van der Waals surface area contributed by atoms with E-state index in [9.17, 15) is 9.59 Å². The van der Waals surface area contributed by atoms with E-state index in [1.807, 2.05) is 35.8 Å². The van der Waals surface area contributed by atoms with Crippen LogP contribution in [0.4, 0.5) is 5.95 Å². The molecule has 2 aliphatic rings. The molecule has 1 atom stereocenters. The first kappa shape index (κ1) is 20.0. The van der Waals surface area contributed by atoms with Gasteiger partial charge in [0.15, 0.2) is 0 Å². The van der Waals surface area contributed by atoms with Crippen LogP contribution in [0.2, 0.25) is 0 Å². The molecule has 3 aromatic rings. The number of rotatable bonds is 4. The summed E-state index contributed by atoms with van der Waals surface area (Å²) in [6.45, 7) is 4.37. The van der Waals surface area contributed by atoms with E-state index >= 15 is 0 Å². The number of nitrogens with zero attached hydrogens (tertiary/aromatic N) is 4. The maximum atomic E-state index is 13.2. The van der Waals surface area contributed by atoms with E-state index < -0.39 is 10.9 Å². The summed E-state index contributed by atoms with van der Waals surface area (Å²) in [6, 6.07) is 7.81. The second kappa shape index (κ2) is 7.64. The van der Waals surface area contributed by atoms with Gasteiger partial charge in [-0.15, -0.1) is 0 Å². The molecule has 5 rings (SSSR count). The van der Waals surface area contributed by atoms with Crippen LogP contribution in [0.1, 0.15) is 47.7 Å². The van der Waals surface area contributed by atoms with Gasteiger partial charge in [-0.05, 0) is 43.7 Å². The van der Waals surface area contributed by atoms with Gasteiger partial charge in [0, 0.05) is 32.0 Å². The van der Waals surface area contributed by atoms with Gasteiger partial charge in [0.1, 0.15) is 16.2 Å². The molecule has 2 aromatic heterocycles. The number of nitrogens with one attached hydrogen (secondary N) is 1. The van der Waals surface area contributed by atoms with Crippen molar-refractivity contribution in [2.24, 2.45) is 0 Å². The number of fused-ring (bicyclic) bond motifs is 2. The highest BCUT2D eigenvalue weighted by molar-refractivity contribution is 6.25. The lowest BCUT2D eigenvalue weighted by molar-refractivity contribution is 0.0924. The van der Waals surface area contributed by atoms with Crippen molar-refractivity contribution in [1.82, 2.24) is 19.9 Å². The third kappa shape index (κ3) is 3.37. The standard InChI is InChI=1S/C23H24ClN5O2/c1-2-28-14-17(21(31)27-23(24)10-9-15-7-3-4-8-18(15)23)19(30)16-13-25-22(26-20(16)28)29-11-5-6-12-29/h3-4,7-8,13-14H,2,5-6,9-12H2,1H3,(H,27,31).